The number of rotatable bonds is 6. The second kappa shape index (κ2) is 6.25. The molecule has 0 aromatic heterocycles. The van der Waals surface area contributed by atoms with Gasteiger partial charge in [0.25, 0.3) is 0 Å². The predicted octanol–water partition coefficient (Wildman–Crippen LogP) is 3.85. The van der Waals surface area contributed by atoms with Gasteiger partial charge in [0, 0.05) is 29.7 Å². The third kappa shape index (κ3) is 3.95. The Bertz CT molecular complexity index is 413. The number of hydrogen-bond donors (Lipinski definition) is 1. The zero-order chi connectivity index (χ0) is 14.0. The van der Waals surface area contributed by atoms with Gasteiger partial charge in [0.1, 0.15) is 0 Å². The van der Waals surface area contributed by atoms with Gasteiger partial charge in [-0.05, 0) is 57.2 Å². The predicted molar refractivity (Wildman–Crippen MR) is 82.4 cm³/mol. The van der Waals surface area contributed by atoms with Crippen molar-refractivity contribution in [1.29, 1.82) is 0 Å². The number of benzene rings is 1. The van der Waals surface area contributed by atoms with Crippen LogP contribution in [-0.4, -0.2) is 23.5 Å². The van der Waals surface area contributed by atoms with E-state index < -0.39 is 0 Å². The van der Waals surface area contributed by atoms with E-state index >= 15 is 0 Å². The molecule has 2 nitrogen and oxygen atoms in total. The van der Waals surface area contributed by atoms with E-state index in [1.165, 1.54) is 18.4 Å². The summed E-state index contributed by atoms with van der Waals surface area (Å²) in [4.78, 5) is 2.54. The molecule has 2 N–H and O–H groups in total. The second-order valence-electron chi connectivity index (χ2n) is 6.09. The van der Waals surface area contributed by atoms with Gasteiger partial charge in [-0.2, -0.15) is 0 Å². The van der Waals surface area contributed by atoms with Crippen LogP contribution in [-0.2, 0) is 0 Å². The van der Waals surface area contributed by atoms with Crippen LogP contribution in [0.5, 0.6) is 0 Å². The van der Waals surface area contributed by atoms with Crippen LogP contribution in [0.15, 0.2) is 24.3 Å². The highest BCUT2D eigenvalue weighted by molar-refractivity contribution is 6.30. The SMILES string of the molecule is CC(N)C(c1cccc(Cl)c1)N(CC1CC1)C(C)C. The average molecular weight is 281 g/mol. The molecule has 2 unspecified atom stereocenters. The smallest absolute Gasteiger partial charge is 0.0499 e. The van der Waals surface area contributed by atoms with Crippen molar-refractivity contribution in [1.82, 2.24) is 4.90 Å². The summed E-state index contributed by atoms with van der Waals surface area (Å²) in [6, 6.07) is 8.97. The lowest BCUT2D eigenvalue weighted by molar-refractivity contribution is 0.129. The Morgan fingerprint density at radius 3 is 2.47 bits per heavy atom. The molecular formula is C16H25ClN2. The maximum atomic E-state index is 6.27. The first-order valence-corrected chi connectivity index (χ1v) is 7.63. The summed E-state index contributed by atoms with van der Waals surface area (Å²) in [7, 11) is 0. The molecule has 0 heterocycles. The molecule has 2 rings (SSSR count). The third-order valence-electron chi connectivity index (χ3n) is 3.87. The summed E-state index contributed by atoms with van der Waals surface area (Å²) < 4.78 is 0. The highest BCUT2D eigenvalue weighted by Crippen LogP contribution is 2.35. The minimum atomic E-state index is 0.0969. The molecule has 0 saturated heterocycles. The molecule has 1 aromatic carbocycles. The molecule has 2 atom stereocenters. The van der Waals surface area contributed by atoms with Crippen molar-refractivity contribution in [3.63, 3.8) is 0 Å². The summed E-state index contributed by atoms with van der Waals surface area (Å²) in [5, 5.41) is 0.790. The Kier molecular flexibility index (Phi) is 4.88. The fourth-order valence-electron chi connectivity index (χ4n) is 2.73. The molecule has 1 fully saturated rings. The molecular weight excluding hydrogens is 256 g/mol. The van der Waals surface area contributed by atoms with Crippen LogP contribution in [0.3, 0.4) is 0 Å². The highest BCUT2D eigenvalue weighted by Gasteiger charge is 2.32. The van der Waals surface area contributed by atoms with Crippen molar-refractivity contribution in [2.45, 2.75) is 51.7 Å². The highest BCUT2D eigenvalue weighted by atomic mass is 35.5. The first kappa shape index (κ1) is 14.8. The molecule has 106 valence electrons. The molecule has 0 bridgehead atoms. The normalized spacial score (nSPS) is 18.9. The van der Waals surface area contributed by atoms with E-state index in [2.05, 4.69) is 37.8 Å². The average Bonchev–Trinajstić information content (AvgIpc) is 3.11. The fourth-order valence-corrected chi connectivity index (χ4v) is 2.93. The second-order valence-corrected chi connectivity index (χ2v) is 6.53. The molecule has 0 aliphatic heterocycles. The van der Waals surface area contributed by atoms with Crippen LogP contribution < -0.4 is 5.73 Å². The third-order valence-corrected chi connectivity index (χ3v) is 4.11. The van der Waals surface area contributed by atoms with Crippen molar-refractivity contribution in [3.05, 3.63) is 34.9 Å². The minimum absolute atomic E-state index is 0.0969. The molecule has 1 aliphatic carbocycles. The van der Waals surface area contributed by atoms with Crippen molar-refractivity contribution in [3.8, 4) is 0 Å². The molecule has 0 spiro atoms. The van der Waals surface area contributed by atoms with Gasteiger partial charge in [-0.25, -0.2) is 0 Å². The Labute approximate surface area is 121 Å². The summed E-state index contributed by atoms with van der Waals surface area (Å²) >= 11 is 6.14. The standard InChI is InChI=1S/C16H25ClN2/c1-11(2)19(10-13-7-8-13)16(12(3)18)14-5-4-6-15(17)9-14/h4-6,9,11-13,16H,7-8,10,18H2,1-3H3. The minimum Gasteiger partial charge on any atom is -0.326 e. The van der Waals surface area contributed by atoms with Gasteiger partial charge in [0.2, 0.25) is 0 Å². The molecule has 1 saturated carbocycles. The maximum absolute atomic E-state index is 6.27. The van der Waals surface area contributed by atoms with Crippen LogP contribution in [0.2, 0.25) is 5.02 Å². The van der Waals surface area contributed by atoms with Crippen molar-refractivity contribution in [2.75, 3.05) is 6.54 Å². The number of nitrogens with two attached hydrogens (primary N) is 1. The van der Waals surface area contributed by atoms with Gasteiger partial charge in [0.05, 0.1) is 0 Å². The first-order valence-electron chi connectivity index (χ1n) is 7.26. The Balaban J connectivity index is 2.25. The molecule has 1 aliphatic rings. The van der Waals surface area contributed by atoms with Gasteiger partial charge < -0.3 is 5.73 Å². The van der Waals surface area contributed by atoms with E-state index in [0.717, 1.165) is 17.5 Å². The number of hydrogen-bond acceptors (Lipinski definition) is 2. The van der Waals surface area contributed by atoms with Crippen LogP contribution in [0.4, 0.5) is 0 Å². The molecule has 3 heteroatoms. The van der Waals surface area contributed by atoms with Crippen molar-refractivity contribution >= 4 is 11.6 Å². The molecule has 1 aromatic rings. The fraction of sp³-hybridized carbons (Fsp3) is 0.625. The van der Waals surface area contributed by atoms with Crippen LogP contribution in [0.25, 0.3) is 0 Å². The van der Waals surface area contributed by atoms with E-state index in [9.17, 15) is 0 Å². The van der Waals surface area contributed by atoms with Crippen LogP contribution in [0.1, 0.15) is 45.2 Å². The Hall–Kier alpha value is -0.570. The van der Waals surface area contributed by atoms with E-state index in [-0.39, 0.29) is 12.1 Å². The summed E-state index contributed by atoms with van der Waals surface area (Å²) in [5.74, 6) is 0.864. The van der Waals surface area contributed by atoms with Gasteiger partial charge in [0.15, 0.2) is 0 Å². The van der Waals surface area contributed by atoms with Gasteiger partial charge in [-0.3, -0.25) is 4.90 Å². The van der Waals surface area contributed by atoms with E-state index in [0.29, 0.717) is 6.04 Å². The summed E-state index contributed by atoms with van der Waals surface area (Å²) in [6.07, 6.45) is 2.73. The van der Waals surface area contributed by atoms with Gasteiger partial charge in [-0.15, -0.1) is 0 Å². The lowest BCUT2D eigenvalue weighted by Gasteiger charge is -2.38. The Morgan fingerprint density at radius 1 is 1.32 bits per heavy atom. The topological polar surface area (TPSA) is 29.3 Å². The molecule has 0 radical (unpaired) electrons. The maximum Gasteiger partial charge on any atom is 0.0499 e. The molecule has 19 heavy (non-hydrogen) atoms. The number of nitrogens with zero attached hydrogens (tertiary/aromatic N) is 1. The lowest BCUT2D eigenvalue weighted by Crippen LogP contribution is -2.44. The summed E-state index contributed by atoms with van der Waals surface area (Å²) in [5.41, 5.74) is 7.50. The largest absolute Gasteiger partial charge is 0.326 e. The lowest BCUT2D eigenvalue weighted by atomic mass is 9.97. The molecule has 0 amide bonds. The monoisotopic (exact) mass is 280 g/mol. The van der Waals surface area contributed by atoms with E-state index in [4.69, 9.17) is 17.3 Å². The van der Waals surface area contributed by atoms with E-state index in [1.807, 2.05) is 12.1 Å². The first-order chi connectivity index (χ1) is 8.99. The van der Waals surface area contributed by atoms with Gasteiger partial charge >= 0.3 is 0 Å². The zero-order valence-electron chi connectivity index (χ0n) is 12.1. The van der Waals surface area contributed by atoms with Crippen LogP contribution in [0, 0.1) is 5.92 Å². The van der Waals surface area contributed by atoms with Crippen molar-refractivity contribution in [2.24, 2.45) is 11.7 Å². The van der Waals surface area contributed by atoms with Crippen molar-refractivity contribution < 1.29 is 0 Å². The van der Waals surface area contributed by atoms with Gasteiger partial charge in [-0.1, -0.05) is 23.7 Å². The summed E-state index contributed by atoms with van der Waals surface area (Å²) in [6.45, 7) is 7.74. The number of halogens is 1. The Morgan fingerprint density at radius 2 is 2.00 bits per heavy atom. The quantitative estimate of drug-likeness (QED) is 0.858. The van der Waals surface area contributed by atoms with Crippen LogP contribution >= 0.6 is 11.6 Å². The zero-order valence-corrected chi connectivity index (χ0v) is 12.9. The van der Waals surface area contributed by atoms with E-state index in [1.54, 1.807) is 0 Å².